The second-order valence-corrected chi connectivity index (χ2v) is 8.11. The Labute approximate surface area is 199 Å². The second kappa shape index (κ2) is 10.2. The molecule has 0 saturated carbocycles. The zero-order chi connectivity index (χ0) is 23.2. The van der Waals surface area contributed by atoms with Crippen LogP contribution in [0, 0.1) is 0 Å². The Kier molecular flexibility index (Phi) is 6.54. The van der Waals surface area contributed by atoms with Gasteiger partial charge in [-0.1, -0.05) is 60.7 Å². The third-order valence-corrected chi connectivity index (χ3v) is 5.80. The summed E-state index contributed by atoms with van der Waals surface area (Å²) in [4.78, 5) is 14.0. The average Bonchev–Trinajstić information content (AvgIpc) is 2.91. The summed E-state index contributed by atoms with van der Waals surface area (Å²) in [6.07, 6.45) is 5.30. The third-order valence-electron chi connectivity index (χ3n) is 5.80. The first-order chi connectivity index (χ1) is 16.8. The van der Waals surface area contributed by atoms with Gasteiger partial charge in [0, 0.05) is 35.8 Å². The molecule has 0 radical (unpaired) electrons. The molecule has 0 bridgehead atoms. The Bertz CT molecular complexity index is 1370. The Hall–Kier alpha value is -4.09. The minimum Gasteiger partial charge on any atom is -0.477 e. The van der Waals surface area contributed by atoms with Crippen molar-refractivity contribution in [3.05, 3.63) is 109 Å². The molecule has 3 heterocycles. The van der Waals surface area contributed by atoms with Crippen LogP contribution in [-0.4, -0.2) is 21.6 Å². The van der Waals surface area contributed by atoms with Crippen molar-refractivity contribution in [1.29, 1.82) is 0 Å². The fourth-order valence-corrected chi connectivity index (χ4v) is 4.01. The van der Waals surface area contributed by atoms with Crippen LogP contribution in [0.4, 0.5) is 0 Å². The third kappa shape index (κ3) is 4.80. The molecule has 0 aliphatic rings. The number of fused-ring (bicyclic) bond motifs is 1. The zero-order valence-electron chi connectivity index (χ0n) is 18.9. The van der Waals surface area contributed by atoms with E-state index in [0.717, 1.165) is 57.4 Å². The van der Waals surface area contributed by atoms with Gasteiger partial charge in [0.15, 0.2) is 0 Å². The van der Waals surface area contributed by atoms with Crippen LogP contribution < -0.4 is 10.5 Å². The van der Waals surface area contributed by atoms with Gasteiger partial charge >= 0.3 is 0 Å². The van der Waals surface area contributed by atoms with Gasteiger partial charge in [-0.3, -0.25) is 4.98 Å². The Morgan fingerprint density at radius 3 is 2.35 bits per heavy atom. The standard InChI is InChI=1S/C29H26N4O/c30-20-21-11-13-23(14-12-21)28-25(22-7-2-1-3-8-22)19-26-27(33-28)15-17-32-29(26)34-18-6-10-24-9-4-5-16-31-24/h1-5,7-9,11-17,19H,6,10,18,20,30H2. The Morgan fingerprint density at radius 2 is 1.59 bits per heavy atom. The van der Waals surface area contributed by atoms with Crippen LogP contribution in [0.25, 0.3) is 33.3 Å². The van der Waals surface area contributed by atoms with E-state index >= 15 is 0 Å². The lowest BCUT2D eigenvalue weighted by Crippen LogP contribution is -2.03. The molecule has 5 aromatic rings. The van der Waals surface area contributed by atoms with Gasteiger partial charge in [-0.05, 0) is 48.2 Å². The van der Waals surface area contributed by atoms with Crippen molar-refractivity contribution in [1.82, 2.24) is 15.0 Å². The van der Waals surface area contributed by atoms with Crippen LogP contribution in [-0.2, 0) is 13.0 Å². The molecule has 0 amide bonds. The predicted molar refractivity (Wildman–Crippen MR) is 136 cm³/mol. The van der Waals surface area contributed by atoms with Crippen LogP contribution >= 0.6 is 0 Å². The minimum absolute atomic E-state index is 0.518. The molecule has 34 heavy (non-hydrogen) atoms. The molecule has 0 aliphatic heterocycles. The van der Waals surface area contributed by atoms with E-state index in [1.807, 2.05) is 48.7 Å². The van der Waals surface area contributed by atoms with Crippen LogP contribution in [0.2, 0.25) is 0 Å². The van der Waals surface area contributed by atoms with E-state index in [1.54, 1.807) is 6.20 Å². The summed E-state index contributed by atoms with van der Waals surface area (Å²) in [7, 11) is 0. The molecule has 3 aromatic heterocycles. The van der Waals surface area contributed by atoms with Gasteiger partial charge in [0.2, 0.25) is 5.88 Å². The quantitative estimate of drug-likeness (QED) is 0.304. The second-order valence-electron chi connectivity index (χ2n) is 8.11. The number of ether oxygens (including phenoxy) is 1. The van der Waals surface area contributed by atoms with E-state index in [0.29, 0.717) is 19.0 Å². The van der Waals surface area contributed by atoms with Crippen LogP contribution in [0.3, 0.4) is 0 Å². The number of pyridine rings is 3. The summed E-state index contributed by atoms with van der Waals surface area (Å²) in [5.74, 6) is 0.605. The highest BCUT2D eigenvalue weighted by Gasteiger charge is 2.14. The molecule has 5 rings (SSSR count). The molecular weight excluding hydrogens is 420 g/mol. The minimum atomic E-state index is 0.518. The maximum atomic E-state index is 6.11. The summed E-state index contributed by atoms with van der Waals surface area (Å²) in [5, 5.41) is 0.904. The monoisotopic (exact) mass is 446 g/mol. The summed E-state index contributed by atoms with van der Waals surface area (Å²) in [6.45, 7) is 1.08. The van der Waals surface area contributed by atoms with Crippen LogP contribution in [0.1, 0.15) is 17.7 Å². The topological polar surface area (TPSA) is 73.9 Å². The fraction of sp³-hybridized carbons (Fsp3) is 0.138. The van der Waals surface area contributed by atoms with Crippen LogP contribution in [0.15, 0.2) is 97.3 Å². The molecule has 0 atom stereocenters. The first-order valence-corrected chi connectivity index (χ1v) is 11.5. The summed E-state index contributed by atoms with van der Waals surface area (Å²) in [6, 6.07) is 28.6. The van der Waals surface area contributed by atoms with E-state index in [9.17, 15) is 0 Å². The lowest BCUT2D eigenvalue weighted by molar-refractivity contribution is 0.303. The molecule has 2 N–H and O–H groups in total. The van der Waals surface area contributed by atoms with Crippen molar-refractivity contribution in [2.24, 2.45) is 5.73 Å². The molecule has 0 fully saturated rings. The summed E-state index contributed by atoms with van der Waals surface area (Å²) >= 11 is 0. The van der Waals surface area contributed by atoms with Crippen molar-refractivity contribution in [3.8, 4) is 28.3 Å². The number of nitrogens with zero attached hydrogens (tertiary/aromatic N) is 3. The van der Waals surface area contributed by atoms with Gasteiger partial charge in [0.25, 0.3) is 0 Å². The van der Waals surface area contributed by atoms with Crippen molar-refractivity contribution < 1.29 is 4.74 Å². The average molecular weight is 447 g/mol. The van der Waals surface area contributed by atoms with Crippen molar-refractivity contribution >= 4 is 10.9 Å². The Balaban J connectivity index is 1.49. The maximum Gasteiger partial charge on any atom is 0.222 e. The van der Waals surface area contributed by atoms with Gasteiger partial charge in [0.05, 0.1) is 23.2 Å². The van der Waals surface area contributed by atoms with Gasteiger partial charge in [-0.15, -0.1) is 0 Å². The summed E-state index contributed by atoms with van der Waals surface area (Å²) in [5.41, 5.74) is 12.9. The van der Waals surface area contributed by atoms with E-state index in [1.165, 1.54) is 0 Å². The normalized spacial score (nSPS) is 11.0. The lowest BCUT2D eigenvalue weighted by Gasteiger charge is -2.14. The number of benzene rings is 2. The number of nitrogens with two attached hydrogens (primary N) is 1. The van der Waals surface area contributed by atoms with Crippen molar-refractivity contribution in [3.63, 3.8) is 0 Å². The molecule has 0 saturated heterocycles. The smallest absolute Gasteiger partial charge is 0.222 e. The number of hydrogen-bond donors (Lipinski definition) is 1. The highest BCUT2D eigenvalue weighted by atomic mass is 16.5. The van der Waals surface area contributed by atoms with E-state index < -0.39 is 0 Å². The number of rotatable bonds is 8. The molecule has 0 aliphatic carbocycles. The van der Waals surface area contributed by atoms with Gasteiger partial charge in [0.1, 0.15) is 0 Å². The highest BCUT2D eigenvalue weighted by Crippen LogP contribution is 2.35. The molecule has 5 heteroatoms. The molecular formula is C29H26N4O. The molecule has 2 aromatic carbocycles. The fourth-order valence-electron chi connectivity index (χ4n) is 4.01. The maximum absolute atomic E-state index is 6.11. The molecule has 0 unspecified atom stereocenters. The van der Waals surface area contributed by atoms with Crippen LogP contribution in [0.5, 0.6) is 5.88 Å². The molecule has 168 valence electrons. The molecule has 5 nitrogen and oxygen atoms in total. The molecule has 0 spiro atoms. The highest BCUT2D eigenvalue weighted by molar-refractivity contribution is 5.93. The number of aryl methyl sites for hydroxylation is 1. The first kappa shape index (κ1) is 21.7. The number of aromatic nitrogens is 3. The Morgan fingerprint density at radius 1 is 0.765 bits per heavy atom. The van der Waals surface area contributed by atoms with Gasteiger partial charge < -0.3 is 10.5 Å². The SMILES string of the molecule is NCc1ccc(-c2nc3ccnc(OCCCc4ccccn4)c3cc2-c2ccccc2)cc1. The zero-order valence-corrected chi connectivity index (χ0v) is 18.9. The van der Waals surface area contributed by atoms with Crippen molar-refractivity contribution in [2.45, 2.75) is 19.4 Å². The first-order valence-electron chi connectivity index (χ1n) is 11.5. The van der Waals surface area contributed by atoms with Gasteiger partial charge in [-0.25, -0.2) is 9.97 Å². The lowest BCUT2D eigenvalue weighted by atomic mass is 9.97. The van der Waals surface area contributed by atoms with Gasteiger partial charge in [-0.2, -0.15) is 0 Å². The van der Waals surface area contributed by atoms with E-state index in [4.69, 9.17) is 15.5 Å². The number of hydrogen-bond acceptors (Lipinski definition) is 5. The van der Waals surface area contributed by atoms with E-state index in [-0.39, 0.29) is 0 Å². The largest absolute Gasteiger partial charge is 0.477 e. The summed E-state index contributed by atoms with van der Waals surface area (Å²) < 4.78 is 6.11. The van der Waals surface area contributed by atoms with Crippen molar-refractivity contribution in [2.75, 3.05) is 6.61 Å². The van der Waals surface area contributed by atoms with E-state index in [2.05, 4.69) is 52.4 Å². The predicted octanol–water partition coefficient (Wildman–Crippen LogP) is 5.83.